The second-order valence-corrected chi connectivity index (χ2v) is 9.58. The highest BCUT2D eigenvalue weighted by Crippen LogP contribution is 2.34. The summed E-state index contributed by atoms with van der Waals surface area (Å²) in [6, 6.07) is 5.66. The molecule has 0 aliphatic heterocycles. The molecular formula is C27H46O3. The van der Waals surface area contributed by atoms with Crippen LogP contribution in [0.5, 0.6) is 11.5 Å². The molecule has 0 saturated carbocycles. The molecule has 0 atom stereocenters. The number of carbonyl (C=O) groups is 1. The molecule has 172 valence electrons. The highest BCUT2D eigenvalue weighted by molar-refractivity contribution is 5.73. The lowest BCUT2D eigenvalue weighted by Crippen LogP contribution is -2.16. The van der Waals surface area contributed by atoms with E-state index in [1.807, 2.05) is 18.2 Å². The van der Waals surface area contributed by atoms with Crippen molar-refractivity contribution in [1.29, 1.82) is 0 Å². The van der Waals surface area contributed by atoms with Crippen molar-refractivity contribution in [3.05, 3.63) is 23.8 Å². The van der Waals surface area contributed by atoms with Crippen molar-refractivity contribution < 1.29 is 14.3 Å². The summed E-state index contributed by atoms with van der Waals surface area (Å²) in [4.78, 5) is 12.3. The highest BCUT2D eigenvalue weighted by atomic mass is 16.5. The first kappa shape index (κ1) is 26.5. The van der Waals surface area contributed by atoms with Gasteiger partial charge in [-0.05, 0) is 30.0 Å². The minimum Gasteiger partial charge on any atom is -0.497 e. The number of benzene rings is 1. The standard InChI is InChI=1S/C27H46O3/c1-6-7-8-9-10-11-12-13-14-15-16-17-18-19-26(28)30-25-21-20-23(29-5)22-24(25)27(2,3)4/h20-22H,6-19H2,1-5H3. The summed E-state index contributed by atoms with van der Waals surface area (Å²) in [6.45, 7) is 8.62. The average Bonchev–Trinajstić information content (AvgIpc) is 2.71. The molecule has 0 aliphatic carbocycles. The molecule has 0 heterocycles. The van der Waals surface area contributed by atoms with E-state index in [-0.39, 0.29) is 11.4 Å². The van der Waals surface area contributed by atoms with Gasteiger partial charge in [-0.1, -0.05) is 105 Å². The van der Waals surface area contributed by atoms with E-state index in [9.17, 15) is 4.79 Å². The van der Waals surface area contributed by atoms with E-state index in [0.717, 1.165) is 24.2 Å². The van der Waals surface area contributed by atoms with Gasteiger partial charge in [0.15, 0.2) is 0 Å². The molecule has 0 unspecified atom stereocenters. The lowest BCUT2D eigenvalue weighted by atomic mass is 9.86. The third kappa shape index (κ3) is 11.6. The number of unbranched alkanes of at least 4 members (excludes halogenated alkanes) is 12. The van der Waals surface area contributed by atoms with Crippen LogP contribution in [-0.4, -0.2) is 13.1 Å². The quantitative estimate of drug-likeness (QED) is 0.154. The Kier molecular flexibility index (Phi) is 13.5. The van der Waals surface area contributed by atoms with Crippen molar-refractivity contribution in [3.63, 3.8) is 0 Å². The Labute approximate surface area is 185 Å². The second-order valence-electron chi connectivity index (χ2n) is 9.58. The predicted octanol–water partition coefficient (Wildman–Crippen LogP) is 8.38. The van der Waals surface area contributed by atoms with Gasteiger partial charge in [0.25, 0.3) is 0 Å². The van der Waals surface area contributed by atoms with Crippen LogP contribution in [0.25, 0.3) is 0 Å². The predicted molar refractivity (Wildman–Crippen MR) is 128 cm³/mol. The molecule has 0 bridgehead atoms. The molecule has 0 amide bonds. The minimum atomic E-state index is -0.131. The lowest BCUT2D eigenvalue weighted by molar-refractivity contribution is -0.134. The van der Waals surface area contributed by atoms with Crippen LogP contribution in [0.1, 0.15) is 123 Å². The average molecular weight is 419 g/mol. The first-order chi connectivity index (χ1) is 14.4. The summed E-state index contributed by atoms with van der Waals surface area (Å²) in [6.07, 6.45) is 17.5. The molecule has 0 aliphatic rings. The zero-order valence-corrected chi connectivity index (χ0v) is 20.4. The zero-order chi connectivity index (χ0) is 22.2. The molecular weight excluding hydrogens is 372 g/mol. The van der Waals surface area contributed by atoms with Gasteiger partial charge in [0, 0.05) is 12.0 Å². The largest absolute Gasteiger partial charge is 0.497 e. The van der Waals surface area contributed by atoms with Crippen molar-refractivity contribution in [2.45, 2.75) is 123 Å². The van der Waals surface area contributed by atoms with Crippen LogP contribution in [0.4, 0.5) is 0 Å². The lowest BCUT2D eigenvalue weighted by Gasteiger charge is -2.23. The van der Waals surface area contributed by atoms with Gasteiger partial charge in [-0.15, -0.1) is 0 Å². The Morgan fingerprint density at radius 2 is 1.30 bits per heavy atom. The number of rotatable bonds is 16. The van der Waals surface area contributed by atoms with Gasteiger partial charge in [0.1, 0.15) is 11.5 Å². The molecule has 0 radical (unpaired) electrons. The summed E-state index contributed by atoms with van der Waals surface area (Å²) >= 11 is 0. The van der Waals surface area contributed by atoms with E-state index >= 15 is 0 Å². The van der Waals surface area contributed by atoms with Gasteiger partial charge >= 0.3 is 5.97 Å². The monoisotopic (exact) mass is 418 g/mol. The molecule has 1 aromatic carbocycles. The maximum Gasteiger partial charge on any atom is 0.311 e. The first-order valence-corrected chi connectivity index (χ1v) is 12.3. The van der Waals surface area contributed by atoms with Crippen LogP contribution in [0.15, 0.2) is 18.2 Å². The minimum absolute atomic E-state index is 0.111. The Morgan fingerprint density at radius 1 is 0.800 bits per heavy atom. The van der Waals surface area contributed by atoms with Crippen LogP contribution in [0, 0.1) is 0 Å². The van der Waals surface area contributed by atoms with Gasteiger partial charge in [0.05, 0.1) is 7.11 Å². The molecule has 0 aromatic heterocycles. The van der Waals surface area contributed by atoms with E-state index < -0.39 is 0 Å². The highest BCUT2D eigenvalue weighted by Gasteiger charge is 2.21. The Morgan fingerprint density at radius 3 is 1.77 bits per heavy atom. The fourth-order valence-corrected chi connectivity index (χ4v) is 3.77. The Hall–Kier alpha value is -1.51. The van der Waals surface area contributed by atoms with Crippen LogP contribution < -0.4 is 9.47 Å². The molecule has 0 N–H and O–H groups in total. The molecule has 30 heavy (non-hydrogen) atoms. The molecule has 3 heteroatoms. The van der Waals surface area contributed by atoms with E-state index in [2.05, 4.69) is 27.7 Å². The fourth-order valence-electron chi connectivity index (χ4n) is 3.77. The van der Waals surface area contributed by atoms with Crippen molar-refractivity contribution in [2.24, 2.45) is 0 Å². The smallest absolute Gasteiger partial charge is 0.311 e. The van der Waals surface area contributed by atoms with Crippen molar-refractivity contribution in [1.82, 2.24) is 0 Å². The van der Waals surface area contributed by atoms with Gasteiger partial charge in [-0.25, -0.2) is 0 Å². The molecule has 1 aromatic rings. The van der Waals surface area contributed by atoms with Gasteiger partial charge in [-0.2, -0.15) is 0 Å². The number of hydrogen-bond donors (Lipinski definition) is 0. The number of ether oxygens (including phenoxy) is 2. The normalized spacial score (nSPS) is 11.5. The Bertz CT molecular complexity index is 586. The van der Waals surface area contributed by atoms with Crippen LogP contribution in [-0.2, 0) is 10.2 Å². The zero-order valence-electron chi connectivity index (χ0n) is 20.4. The molecule has 3 nitrogen and oxygen atoms in total. The van der Waals surface area contributed by atoms with Crippen LogP contribution in [0.3, 0.4) is 0 Å². The second kappa shape index (κ2) is 15.3. The topological polar surface area (TPSA) is 35.5 Å². The summed E-state index contributed by atoms with van der Waals surface area (Å²) < 4.78 is 11.0. The fraction of sp³-hybridized carbons (Fsp3) is 0.741. The molecule has 0 saturated heterocycles. The summed E-state index contributed by atoms with van der Waals surface area (Å²) in [5, 5.41) is 0. The van der Waals surface area contributed by atoms with Gasteiger partial charge in [0.2, 0.25) is 0 Å². The van der Waals surface area contributed by atoms with Crippen molar-refractivity contribution >= 4 is 5.97 Å². The Balaban J connectivity index is 2.14. The third-order valence-corrected chi connectivity index (χ3v) is 5.70. The SMILES string of the molecule is CCCCCCCCCCCCCCCC(=O)Oc1ccc(OC)cc1C(C)(C)C. The first-order valence-electron chi connectivity index (χ1n) is 12.3. The van der Waals surface area contributed by atoms with Gasteiger partial charge in [-0.3, -0.25) is 4.79 Å². The third-order valence-electron chi connectivity index (χ3n) is 5.70. The number of hydrogen-bond acceptors (Lipinski definition) is 3. The van der Waals surface area contributed by atoms with Crippen LogP contribution >= 0.6 is 0 Å². The van der Waals surface area contributed by atoms with E-state index in [0.29, 0.717) is 12.2 Å². The number of esters is 1. The summed E-state index contributed by atoms with van der Waals surface area (Å²) in [7, 11) is 1.65. The summed E-state index contributed by atoms with van der Waals surface area (Å²) in [5.41, 5.74) is 0.889. The van der Waals surface area contributed by atoms with E-state index in [1.54, 1.807) is 7.11 Å². The van der Waals surface area contributed by atoms with E-state index in [4.69, 9.17) is 9.47 Å². The van der Waals surface area contributed by atoms with Crippen molar-refractivity contribution in [3.8, 4) is 11.5 Å². The number of carbonyl (C=O) groups excluding carboxylic acids is 1. The maximum absolute atomic E-state index is 12.3. The van der Waals surface area contributed by atoms with Gasteiger partial charge < -0.3 is 9.47 Å². The summed E-state index contributed by atoms with van der Waals surface area (Å²) in [5.74, 6) is 1.31. The maximum atomic E-state index is 12.3. The van der Waals surface area contributed by atoms with Crippen molar-refractivity contribution in [2.75, 3.05) is 7.11 Å². The number of methoxy groups -OCH3 is 1. The van der Waals surface area contributed by atoms with E-state index in [1.165, 1.54) is 70.6 Å². The molecule has 0 fully saturated rings. The molecule has 0 spiro atoms. The molecule has 1 rings (SSSR count). The van der Waals surface area contributed by atoms with Crippen LogP contribution in [0.2, 0.25) is 0 Å².